The van der Waals surface area contributed by atoms with Crippen molar-refractivity contribution in [2.24, 2.45) is 0 Å². The zero-order valence-electron chi connectivity index (χ0n) is 43.5. The third-order valence-electron chi connectivity index (χ3n) is 15.9. The van der Waals surface area contributed by atoms with Gasteiger partial charge < -0.3 is 13.7 Å². The number of rotatable bonds is 8. The van der Waals surface area contributed by atoms with Crippen molar-refractivity contribution < 1.29 is 0 Å². The van der Waals surface area contributed by atoms with Gasteiger partial charge >= 0.3 is 0 Å². The number of fused-ring (bicyclic) bond motifs is 9. The quantitative estimate of drug-likeness (QED) is 0.152. The number of hydrogen-bond acceptors (Lipinski definition) is 2. The minimum absolute atomic E-state index is 0.723. The molecule has 0 atom stereocenters. The van der Waals surface area contributed by atoms with Gasteiger partial charge in [0.05, 0.1) is 44.5 Å². The summed E-state index contributed by atoms with van der Waals surface area (Å²) in [4.78, 5) is 10.2. The van der Waals surface area contributed by atoms with E-state index in [1.807, 2.05) is 0 Å². The maximum absolute atomic E-state index is 5.12. The molecule has 0 unspecified atom stereocenters. The Balaban J connectivity index is 0.797. The van der Waals surface area contributed by atoms with Crippen LogP contribution in [0.25, 0.3) is 139 Å². The average Bonchev–Trinajstić information content (AvgIpc) is 4.18. The lowest BCUT2D eigenvalue weighted by Gasteiger charge is -2.14. The fraction of sp³-hybridized carbons (Fsp3) is 0.0411. The molecule has 15 rings (SSSR count). The van der Waals surface area contributed by atoms with E-state index in [0.717, 1.165) is 73.1 Å². The Labute approximate surface area is 452 Å². The highest BCUT2D eigenvalue weighted by Crippen LogP contribution is 2.41. The second-order valence-electron chi connectivity index (χ2n) is 20.8. The number of aryl methyl sites for hydroxylation is 3. The maximum Gasteiger partial charge on any atom is 0.160 e. The lowest BCUT2D eigenvalue weighted by Crippen LogP contribution is -1.97. The summed E-state index contributed by atoms with van der Waals surface area (Å²) < 4.78 is 7.30. The number of para-hydroxylation sites is 4. The normalized spacial score (nSPS) is 11.8. The van der Waals surface area contributed by atoms with Crippen LogP contribution in [0.15, 0.2) is 255 Å². The molecule has 4 heterocycles. The second-order valence-corrected chi connectivity index (χ2v) is 20.8. The highest BCUT2D eigenvalue weighted by Gasteiger charge is 2.20. The van der Waals surface area contributed by atoms with Gasteiger partial charge in [0.25, 0.3) is 0 Å². The van der Waals surface area contributed by atoms with E-state index in [-0.39, 0.29) is 0 Å². The zero-order chi connectivity index (χ0) is 52.0. The van der Waals surface area contributed by atoms with E-state index in [1.54, 1.807) is 0 Å². The van der Waals surface area contributed by atoms with Crippen LogP contribution in [0, 0.1) is 20.8 Å². The average molecular weight is 998 g/mol. The van der Waals surface area contributed by atoms with Crippen molar-refractivity contribution in [2.45, 2.75) is 20.8 Å². The molecule has 0 spiro atoms. The largest absolute Gasteiger partial charge is 0.309 e. The molecule has 368 valence electrons. The molecule has 0 fully saturated rings. The first-order chi connectivity index (χ1) is 38.4. The Kier molecular flexibility index (Phi) is 10.5. The van der Waals surface area contributed by atoms with Gasteiger partial charge in [0.1, 0.15) is 0 Å². The molecular formula is C73H51N5. The molecule has 15 aromatic rings. The first-order valence-electron chi connectivity index (χ1n) is 26.8. The third kappa shape index (κ3) is 7.46. The molecule has 0 amide bonds. The van der Waals surface area contributed by atoms with Crippen LogP contribution in [-0.4, -0.2) is 23.7 Å². The number of aromatic nitrogens is 5. The van der Waals surface area contributed by atoms with Crippen LogP contribution in [-0.2, 0) is 0 Å². The fourth-order valence-electron chi connectivity index (χ4n) is 12.2. The molecule has 5 nitrogen and oxygen atoms in total. The summed E-state index contributed by atoms with van der Waals surface area (Å²) in [6, 6.07) is 92.8. The van der Waals surface area contributed by atoms with Crippen LogP contribution in [0.3, 0.4) is 0 Å². The van der Waals surface area contributed by atoms with Crippen LogP contribution in [0.2, 0.25) is 0 Å². The van der Waals surface area contributed by atoms with Crippen LogP contribution < -0.4 is 0 Å². The second kappa shape index (κ2) is 18.0. The van der Waals surface area contributed by atoms with Crippen molar-refractivity contribution in [1.82, 2.24) is 23.7 Å². The summed E-state index contributed by atoms with van der Waals surface area (Å²) in [5, 5.41) is 7.42. The highest BCUT2D eigenvalue weighted by molar-refractivity contribution is 6.14. The van der Waals surface area contributed by atoms with E-state index in [9.17, 15) is 0 Å². The fourth-order valence-corrected chi connectivity index (χ4v) is 12.2. The summed E-state index contributed by atoms with van der Waals surface area (Å²) in [7, 11) is 0. The standard InChI is InChI=1S/C73H51N5/c1-46-14-12-16-53(40-46)66-45-65(74-73(75-66)54-17-13-15-47(2)41-54)52-32-28-50(29-33-52)49-26-30-51(31-27-49)58-37-34-55(42-48(58)3)76-71-38-35-56(77-67-22-8-4-18-59(67)60-19-5-9-23-68(60)77)43-63(71)64-44-57(36-39-72(64)76)78-69-24-10-6-20-61(69)62-21-7-11-25-70(62)78/h4-45H,1-3H3. The molecule has 4 aromatic heterocycles. The van der Waals surface area contributed by atoms with E-state index in [2.05, 4.69) is 289 Å². The molecule has 5 heteroatoms. The topological polar surface area (TPSA) is 40.6 Å². The predicted octanol–water partition coefficient (Wildman–Crippen LogP) is 19.0. The van der Waals surface area contributed by atoms with Gasteiger partial charge in [0.2, 0.25) is 0 Å². The molecular weight excluding hydrogens is 947 g/mol. The van der Waals surface area contributed by atoms with E-state index in [1.165, 1.54) is 82.2 Å². The van der Waals surface area contributed by atoms with Gasteiger partial charge in [-0.25, -0.2) is 9.97 Å². The molecule has 0 aliphatic heterocycles. The van der Waals surface area contributed by atoms with Gasteiger partial charge in [0, 0.05) is 66.1 Å². The zero-order valence-corrected chi connectivity index (χ0v) is 43.5. The SMILES string of the molecule is Cc1cccc(-c2cc(-c3ccc(-c4ccc(-c5ccc(-n6c7ccc(-n8c9ccccc9c9ccccc98)cc7c7cc(-n8c9ccccc9c9ccccc98)ccc76)cc5C)cc4)cc3)nc(-c3cccc(C)c3)n2)c1. The summed E-state index contributed by atoms with van der Waals surface area (Å²) in [5.41, 5.74) is 23.8. The first-order valence-corrected chi connectivity index (χ1v) is 26.8. The lowest BCUT2D eigenvalue weighted by molar-refractivity contribution is 1.15. The predicted molar refractivity (Wildman–Crippen MR) is 326 cm³/mol. The molecule has 11 aromatic carbocycles. The maximum atomic E-state index is 5.12. The number of benzene rings is 11. The third-order valence-corrected chi connectivity index (χ3v) is 15.9. The van der Waals surface area contributed by atoms with Crippen LogP contribution >= 0.6 is 0 Å². The van der Waals surface area contributed by atoms with E-state index < -0.39 is 0 Å². The Morgan fingerprint density at radius 1 is 0.256 bits per heavy atom. The molecule has 0 saturated carbocycles. The van der Waals surface area contributed by atoms with Gasteiger partial charge in [-0.1, -0.05) is 175 Å². The van der Waals surface area contributed by atoms with Gasteiger partial charge in [-0.3, -0.25) is 0 Å². The highest BCUT2D eigenvalue weighted by atomic mass is 15.0. The van der Waals surface area contributed by atoms with Crippen molar-refractivity contribution in [3.63, 3.8) is 0 Å². The smallest absolute Gasteiger partial charge is 0.160 e. The van der Waals surface area contributed by atoms with Crippen molar-refractivity contribution in [3.8, 4) is 73.2 Å². The van der Waals surface area contributed by atoms with Crippen molar-refractivity contribution in [2.75, 3.05) is 0 Å². The summed E-state index contributed by atoms with van der Waals surface area (Å²) in [6.07, 6.45) is 0. The van der Waals surface area contributed by atoms with Crippen LogP contribution in [0.1, 0.15) is 16.7 Å². The minimum atomic E-state index is 0.723. The monoisotopic (exact) mass is 997 g/mol. The van der Waals surface area contributed by atoms with Gasteiger partial charge in [-0.15, -0.1) is 0 Å². The van der Waals surface area contributed by atoms with Crippen molar-refractivity contribution in [1.29, 1.82) is 0 Å². The molecule has 0 aliphatic rings. The van der Waals surface area contributed by atoms with Gasteiger partial charge in [0.15, 0.2) is 5.82 Å². The number of nitrogens with zero attached hydrogens (tertiary/aromatic N) is 5. The molecule has 0 radical (unpaired) electrons. The Hall–Kier alpha value is -10.1. The summed E-state index contributed by atoms with van der Waals surface area (Å²) >= 11 is 0. The van der Waals surface area contributed by atoms with Crippen molar-refractivity contribution in [3.05, 3.63) is 271 Å². The minimum Gasteiger partial charge on any atom is -0.309 e. The first kappa shape index (κ1) is 45.3. The molecule has 0 saturated heterocycles. The van der Waals surface area contributed by atoms with E-state index in [4.69, 9.17) is 9.97 Å². The molecule has 0 aliphatic carbocycles. The molecule has 78 heavy (non-hydrogen) atoms. The number of hydrogen-bond donors (Lipinski definition) is 0. The lowest BCUT2D eigenvalue weighted by atomic mass is 9.96. The summed E-state index contributed by atoms with van der Waals surface area (Å²) in [5.74, 6) is 0.723. The summed E-state index contributed by atoms with van der Waals surface area (Å²) in [6.45, 7) is 6.46. The molecule has 0 bridgehead atoms. The Morgan fingerprint density at radius 3 is 1.12 bits per heavy atom. The Morgan fingerprint density at radius 2 is 0.641 bits per heavy atom. The van der Waals surface area contributed by atoms with Crippen LogP contribution in [0.4, 0.5) is 0 Å². The van der Waals surface area contributed by atoms with Gasteiger partial charge in [-0.05, 0) is 140 Å². The van der Waals surface area contributed by atoms with Crippen LogP contribution in [0.5, 0.6) is 0 Å². The van der Waals surface area contributed by atoms with Crippen molar-refractivity contribution >= 4 is 65.4 Å². The molecule has 0 N–H and O–H groups in total. The Bertz CT molecular complexity index is 4530. The van der Waals surface area contributed by atoms with Gasteiger partial charge in [-0.2, -0.15) is 0 Å². The van der Waals surface area contributed by atoms with E-state index in [0.29, 0.717) is 0 Å². The van der Waals surface area contributed by atoms with E-state index >= 15 is 0 Å².